The molecule has 1 N–H and O–H groups in total. The zero-order chi connectivity index (χ0) is 18.0. The van der Waals surface area contributed by atoms with Crippen LogP contribution in [-0.4, -0.2) is 21.6 Å². The first-order valence-corrected chi connectivity index (χ1v) is 8.96. The van der Waals surface area contributed by atoms with Gasteiger partial charge in [-0.2, -0.15) is 5.10 Å². The molecule has 1 saturated carbocycles. The van der Waals surface area contributed by atoms with Crippen molar-refractivity contribution in [3.05, 3.63) is 46.8 Å². The molecule has 0 atom stereocenters. The highest BCUT2D eigenvalue weighted by molar-refractivity contribution is 5.97. The molecule has 132 valence electrons. The summed E-state index contributed by atoms with van der Waals surface area (Å²) in [4.78, 5) is 24.9. The molecule has 1 aromatic heterocycles. The van der Waals surface area contributed by atoms with Crippen LogP contribution in [0.3, 0.4) is 0 Å². The zero-order valence-corrected chi connectivity index (χ0v) is 15.1. The van der Waals surface area contributed by atoms with Gasteiger partial charge in [-0.1, -0.05) is 19.3 Å². The summed E-state index contributed by atoms with van der Waals surface area (Å²) in [6, 6.07) is 7.05. The van der Waals surface area contributed by atoms with Crippen molar-refractivity contribution < 1.29 is 9.59 Å². The van der Waals surface area contributed by atoms with E-state index in [9.17, 15) is 9.59 Å². The van der Waals surface area contributed by atoms with E-state index >= 15 is 0 Å². The highest BCUT2D eigenvalue weighted by atomic mass is 16.2. The van der Waals surface area contributed by atoms with Gasteiger partial charge in [-0.15, -0.1) is 0 Å². The van der Waals surface area contributed by atoms with Crippen molar-refractivity contribution in [2.45, 2.75) is 52.9 Å². The molecule has 2 aromatic rings. The van der Waals surface area contributed by atoms with Gasteiger partial charge < -0.3 is 5.32 Å². The van der Waals surface area contributed by atoms with E-state index in [4.69, 9.17) is 0 Å². The molecule has 5 nitrogen and oxygen atoms in total. The number of aromatic nitrogens is 2. The second kappa shape index (κ2) is 7.21. The zero-order valence-electron chi connectivity index (χ0n) is 15.1. The Bertz CT molecular complexity index is 784. The van der Waals surface area contributed by atoms with Crippen molar-refractivity contribution in [2.75, 3.05) is 5.32 Å². The maximum Gasteiger partial charge on any atom is 0.278 e. The van der Waals surface area contributed by atoms with Crippen LogP contribution >= 0.6 is 0 Å². The Morgan fingerprint density at radius 1 is 1.04 bits per heavy atom. The minimum atomic E-state index is -0.154. The smallest absolute Gasteiger partial charge is 0.278 e. The summed E-state index contributed by atoms with van der Waals surface area (Å²) in [6.07, 6.45) is 5.44. The molecule has 0 spiro atoms. The number of carbonyl (C=O) groups excluding carboxylic acids is 2. The molecule has 1 fully saturated rings. The van der Waals surface area contributed by atoms with E-state index in [-0.39, 0.29) is 17.7 Å². The van der Waals surface area contributed by atoms with Crippen molar-refractivity contribution in [1.82, 2.24) is 9.78 Å². The van der Waals surface area contributed by atoms with Crippen LogP contribution in [0.1, 0.15) is 59.4 Å². The number of amides is 1. The molecule has 1 aliphatic rings. The lowest BCUT2D eigenvalue weighted by Crippen LogP contribution is -2.24. The third kappa shape index (κ3) is 3.65. The van der Waals surface area contributed by atoms with Crippen molar-refractivity contribution >= 4 is 17.5 Å². The number of rotatable bonds is 3. The third-order valence-corrected chi connectivity index (χ3v) is 5.22. The quantitative estimate of drug-likeness (QED) is 0.919. The maximum atomic E-state index is 12.6. The lowest BCUT2D eigenvalue weighted by Gasteiger charge is -2.20. The van der Waals surface area contributed by atoms with Crippen LogP contribution in [-0.2, 0) is 4.79 Å². The van der Waals surface area contributed by atoms with Gasteiger partial charge in [0.15, 0.2) is 0 Å². The van der Waals surface area contributed by atoms with Gasteiger partial charge in [-0.25, -0.2) is 4.68 Å². The predicted octanol–water partition coefficient (Wildman–Crippen LogP) is 4.02. The number of aryl methyl sites for hydroxylation is 1. The van der Waals surface area contributed by atoms with Crippen molar-refractivity contribution in [3.63, 3.8) is 0 Å². The Kier molecular flexibility index (Phi) is 5.02. The lowest BCUT2D eigenvalue weighted by atomic mass is 9.88. The molecule has 1 aromatic carbocycles. The second-order valence-electron chi connectivity index (χ2n) is 6.91. The van der Waals surface area contributed by atoms with Gasteiger partial charge in [0.1, 0.15) is 0 Å². The van der Waals surface area contributed by atoms with Gasteiger partial charge >= 0.3 is 0 Å². The number of nitrogens with one attached hydrogen (secondary N) is 1. The monoisotopic (exact) mass is 339 g/mol. The highest BCUT2D eigenvalue weighted by Crippen LogP contribution is 2.25. The SMILES string of the molecule is Cc1nn(C(=O)c2ccc(NC(=O)C3CCCCC3)cc2)c(C)c1C. The molecule has 0 radical (unpaired) electrons. The Morgan fingerprint density at radius 2 is 1.68 bits per heavy atom. The number of hydrogen-bond donors (Lipinski definition) is 1. The molecule has 1 heterocycles. The molecule has 3 rings (SSSR count). The average Bonchev–Trinajstić information content (AvgIpc) is 2.90. The van der Waals surface area contributed by atoms with Crippen LogP contribution in [0, 0.1) is 26.7 Å². The van der Waals surface area contributed by atoms with E-state index in [0.29, 0.717) is 5.56 Å². The molecular weight excluding hydrogens is 314 g/mol. The Hall–Kier alpha value is -2.43. The first-order valence-electron chi connectivity index (χ1n) is 8.96. The normalized spacial score (nSPS) is 15.2. The molecular formula is C20H25N3O2. The largest absolute Gasteiger partial charge is 0.326 e. The van der Waals surface area contributed by atoms with Gasteiger partial charge in [-0.3, -0.25) is 9.59 Å². The van der Waals surface area contributed by atoms with Crippen molar-refractivity contribution in [1.29, 1.82) is 0 Å². The molecule has 0 unspecified atom stereocenters. The minimum absolute atomic E-state index is 0.0907. The fourth-order valence-electron chi connectivity index (χ4n) is 3.35. The van der Waals surface area contributed by atoms with Gasteiger partial charge in [0.2, 0.25) is 5.91 Å². The molecule has 1 aliphatic carbocycles. The van der Waals surface area contributed by atoms with Crippen LogP contribution in [0.5, 0.6) is 0 Å². The fraction of sp³-hybridized carbons (Fsp3) is 0.450. The van der Waals surface area contributed by atoms with Crippen LogP contribution in [0.2, 0.25) is 0 Å². The van der Waals surface area contributed by atoms with E-state index in [0.717, 1.165) is 48.3 Å². The highest BCUT2D eigenvalue weighted by Gasteiger charge is 2.21. The van der Waals surface area contributed by atoms with Gasteiger partial charge in [-0.05, 0) is 63.4 Å². The number of carbonyl (C=O) groups is 2. The molecule has 5 heteroatoms. The number of anilines is 1. The lowest BCUT2D eigenvalue weighted by molar-refractivity contribution is -0.120. The number of hydrogen-bond acceptors (Lipinski definition) is 3. The fourth-order valence-corrected chi connectivity index (χ4v) is 3.35. The summed E-state index contributed by atoms with van der Waals surface area (Å²) in [5.41, 5.74) is 4.04. The van der Waals surface area contributed by atoms with Gasteiger partial charge in [0, 0.05) is 22.9 Å². The molecule has 0 bridgehead atoms. The second-order valence-corrected chi connectivity index (χ2v) is 6.91. The van der Waals surface area contributed by atoms with E-state index < -0.39 is 0 Å². The Morgan fingerprint density at radius 3 is 2.24 bits per heavy atom. The molecule has 0 aliphatic heterocycles. The third-order valence-electron chi connectivity index (χ3n) is 5.22. The molecule has 25 heavy (non-hydrogen) atoms. The van der Waals surface area contributed by atoms with Gasteiger partial charge in [0.25, 0.3) is 5.91 Å². The summed E-state index contributed by atoms with van der Waals surface area (Å²) in [5, 5.41) is 7.28. The van der Waals surface area contributed by atoms with E-state index in [1.165, 1.54) is 11.1 Å². The Balaban J connectivity index is 1.70. The summed E-state index contributed by atoms with van der Waals surface area (Å²) in [6.45, 7) is 5.76. The predicted molar refractivity (Wildman–Crippen MR) is 97.8 cm³/mol. The van der Waals surface area contributed by atoms with Crippen molar-refractivity contribution in [3.8, 4) is 0 Å². The van der Waals surface area contributed by atoms with Crippen LogP contribution in [0.15, 0.2) is 24.3 Å². The topological polar surface area (TPSA) is 64.0 Å². The van der Waals surface area contributed by atoms with E-state index in [1.54, 1.807) is 24.3 Å². The maximum absolute atomic E-state index is 12.6. The first-order chi connectivity index (χ1) is 12.0. The Labute approximate surface area is 148 Å². The van der Waals surface area contributed by atoms with Crippen LogP contribution in [0.25, 0.3) is 0 Å². The molecule has 1 amide bonds. The van der Waals surface area contributed by atoms with E-state index in [1.807, 2.05) is 20.8 Å². The summed E-state index contributed by atoms with van der Waals surface area (Å²) >= 11 is 0. The first kappa shape index (κ1) is 17.4. The summed E-state index contributed by atoms with van der Waals surface area (Å²) in [7, 11) is 0. The summed E-state index contributed by atoms with van der Waals surface area (Å²) in [5.74, 6) is 0.0551. The number of nitrogens with zero attached hydrogens (tertiary/aromatic N) is 2. The van der Waals surface area contributed by atoms with Crippen LogP contribution in [0.4, 0.5) is 5.69 Å². The molecule has 0 saturated heterocycles. The summed E-state index contributed by atoms with van der Waals surface area (Å²) < 4.78 is 1.44. The van der Waals surface area contributed by atoms with Gasteiger partial charge in [0.05, 0.1) is 5.69 Å². The average molecular weight is 339 g/mol. The van der Waals surface area contributed by atoms with Crippen molar-refractivity contribution in [2.24, 2.45) is 5.92 Å². The standard InChI is InChI=1S/C20H25N3O2/c1-13-14(2)22-23(15(13)3)20(25)17-9-11-18(12-10-17)21-19(24)16-7-5-4-6-8-16/h9-12,16H,4-8H2,1-3H3,(H,21,24). The minimum Gasteiger partial charge on any atom is -0.326 e. The number of benzene rings is 1. The van der Waals surface area contributed by atoms with E-state index in [2.05, 4.69) is 10.4 Å². The van der Waals surface area contributed by atoms with Crippen LogP contribution < -0.4 is 5.32 Å².